The number of ether oxygens (including phenoxy) is 1. The third kappa shape index (κ3) is 7.32. The number of aliphatic hydroxyl groups excluding tert-OH is 1. The quantitative estimate of drug-likeness (QED) is 0.161. The van der Waals surface area contributed by atoms with E-state index in [0.29, 0.717) is 17.8 Å². The van der Waals surface area contributed by atoms with Crippen LogP contribution >= 0.6 is 0 Å². The molecular weight excluding hydrogens is 535 g/mol. The Hall–Kier alpha value is -4.27. The number of carboxylic acids is 1. The van der Waals surface area contributed by atoms with Crippen molar-refractivity contribution in [3.63, 3.8) is 0 Å². The number of amides is 1. The highest BCUT2D eigenvalue weighted by Gasteiger charge is 2.31. The zero-order chi connectivity index (χ0) is 30.2. The van der Waals surface area contributed by atoms with Gasteiger partial charge in [-0.15, -0.1) is 0 Å². The monoisotopic (exact) mass is 572 g/mol. The van der Waals surface area contributed by atoms with Crippen molar-refractivity contribution in [3.05, 3.63) is 102 Å². The van der Waals surface area contributed by atoms with E-state index >= 15 is 0 Å². The number of benzene rings is 3. The fourth-order valence-corrected chi connectivity index (χ4v) is 5.37. The number of halogens is 1. The number of hydrogen-bond donors (Lipinski definition) is 3. The lowest BCUT2D eigenvalue weighted by atomic mass is 9.94. The summed E-state index contributed by atoms with van der Waals surface area (Å²) in [6.45, 7) is 4.36. The molecule has 8 heteroatoms. The Kier molecular flexibility index (Phi) is 10.3. The third-order valence-electron chi connectivity index (χ3n) is 7.25. The lowest BCUT2D eigenvalue weighted by molar-refractivity contribution is -0.140. The van der Waals surface area contributed by atoms with Gasteiger partial charge in [0.2, 0.25) is 0 Å². The van der Waals surface area contributed by atoms with E-state index in [-0.39, 0.29) is 36.9 Å². The standard InChI is InChI=1S/C34H37FN2O5/c1-22(2)32-31(34(41)36-26-12-8-5-9-13-26)30(23-10-6-4-7-11-23)33(24-14-16-25(35)17-15-24)37(32)19-18-27(38)20-28(42-3)21-29(39)40/h4-17,22,27-28,38H,18-21H2,1-3H3,(H,36,41)(H,39,40)/t27-,28+/m1/s1. The molecule has 3 aromatic carbocycles. The largest absolute Gasteiger partial charge is 0.481 e. The summed E-state index contributed by atoms with van der Waals surface area (Å²) < 4.78 is 21.4. The molecule has 3 N–H and O–H groups in total. The first-order valence-electron chi connectivity index (χ1n) is 14.1. The van der Waals surface area contributed by atoms with Crippen molar-refractivity contribution in [1.29, 1.82) is 0 Å². The SMILES string of the molecule is CO[C@H](CC(=O)O)C[C@H](O)CCn1c(-c2ccc(F)cc2)c(-c2ccccc2)c(C(=O)Nc2ccccc2)c1C(C)C. The van der Waals surface area contributed by atoms with Gasteiger partial charge in [0.15, 0.2) is 0 Å². The number of anilines is 1. The number of hydrogen-bond acceptors (Lipinski definition) is 4. The van der Waals surface area contributed by atoms with Crippen LogP contribution < -0.4 is 5.32 Å². The van der Waals surface area contributed by atoms with Gasteiger partial charge in [0, 0.05) is 37.0 Å². The Balaban J connectivity index is 1.88. The summed E-state index contributed by atoms with van der Waals surface area (Å²) in [6.07, 6.45) is -1.25. The van der Waals surface area contributed by atoms with Crippen LogP contribution in [0.4, 0.5) is 10.1 Å². The van der Waals surface area contributed by atoms with E-state index in [9.17, 15) is 24.2 Å². The predicted molar refractivity (Wildman–Crippen MR) is 162 cm³/mol. The van der Waals surface area contributed by atoms with E-state index in [2.05, 4.69) is 5.32 Å². The van der Waals surface area contributed by atoms with Crippen LogP contribution in [0, 0.1) is 5.82 Å². The van der Waals surface area contributed by atoms with Crippen LogP contribution in [-0.4, -0.2) is 46.0 Å². The predicted octanol–water partition coefficient (Wildman–Crippen LogP) is 6.97. The van der Waals surface area contributed by atoms with Crippen LogP contribution in [-0.2, 0) is 16.1 Å². The molecule has 7 nitrogen and oxygen atoms in total. The summed E-state index contributed by atoms with van der Waals surface area (Å²) in [6, 6.07) is 25.0. The first kappa shape index (κ1) is 30.7. The molecule has 1 heterocycles. The second-order valence-electron chi connectivity index (χ2n) is 10.6. The fourth-order valence-electron chi connectivity index (χ4n) is 5.37. The average Bonchev–Trinajstić information content (AvgIpc) is 3.32. The molecule has 42 heavy (non-hydrogen) atoms. The maximum atomic E-state index is 14.1. The molecule has 1 aromatic heterocycles. The molecule has 0 radical (unpaired) electrons. The van der Waals surface area contributed by atoms with Crippen molar-refractivity contribution in [1.82, 2.24) is 4.57 Å². The number of carboxylic acid groups (broad SMARTS) is 1. The molecule has 220 valence electrons. The second kappa shape index (κ2) is 14.1. The van der Waals surface area contributed by atoms with E-state index in [1.807, 2.05) is 79.1 Å². The molecule has 0 saturated carbocycles. The lowest BCUT2D eigenvalue weighted by Crippen LogP contribution is -2.24. The number of para-hydroxylation sites is 1. The molecule has 0 saturated heterocycles. The highest BCUT2D eigenvalue weighted by molar-refractivity contribution is 6.12. The van der Waals surface area contributed by atoms with Crippen LogP contribution in [0.25, 0.3) is 22.4 Å². The van der Waals surface area contributed by atoms with Gasteiger partial charge in [-0.05, 0) is 59.9 Å². The molecular formula is C34H37FN2O5. The number of carbonyl (C=O) groups excluding carboxylic acids is 1. The van der Waals surface area contributed by atoms with Gasteiger partial charge in [-0.3, -0.25) is 9.59 Å². The molecule has 0 bridgehead atoms. The summed E-state index contributed by atoms with van der Waals surface area (Å²) >= 11 is 0. The van der Waals surface area contributed by atoms with Crippen molar-refractivity contribution in [2.75, 3.05) is 12.4 Å². The first-order valence-corrected chi connectivity index (χ1v) is 14.1. The molecule has 2 atom stereocenters. The van der Waals surface area contributed by atoms with Crippen molar-refractivity contribution in [2.45, 2.75) is 57.8 Å². The number of methoxy groups -OCH3 is 1. The number of rotatable bonds is 13. The second-order valence-corrected chi connectivity index (χ2v) is 10.6. The number of aliphatic carboxylic acids is 1. The minimum absolute atomic E-state index is 0.0888. The van der Waals surface area contributed by atoms with Gasteiger partial charge >= 0.3 is 5.97 Å². The van der Waals surface area contributed by atoms with Crippen molar-refractivity contribution < 1.29 is 28.9 Å². The Morgan fingerprint density at radius 3 is 2.12 bits per heavy atom. The maximum Gasteiger partial charge on any atom is 0.305 e. The Labute approximate surface area is 245 Å². The summed E-state index contributed by atoms with van der Waals surface area (Å²) in [7, 11) is 1.43. The third-order valence-corrected chi connectivity index (χ3v) is 7.25. The van der Waals surface area contributed by atoms with Crippen LogP contribution in [0.1, 0.15) is 55.1 Å². The van der Waals surface area contributed by atoms with Gasteiger partial charge in [-0.25, -0.2) is 4.39 Å². The van der Waals surface area contributed by atoms with Gasteiger partial charge < -0.3 is 24.8 Å². The van der Waals surface area contributed by atoms with Crippen molar-refractivity contribution in [3.8, 4) is 22.4 Å². The summed E-state index contributed by atoms with van der Waals surface area (Å²) in [5, 5.41) is 23.2. The summed E-state index contributed by atoms with van der Waals surface area (Å²) in [5.74, 6) is -1.73. The van der Waals surface area contributed by atoms with E-state index in [1.165, 1.54) is 19.2 Å². The lowest BCUT2D eigenvalue weighted by Gasteiger charge is -2.21. The molecule has 4 aromatic rings. The topological polar surface area (TPSA) is 101 Å². The Bertz CT molecular complexity index is 1480. The smallest absolute Gasteiger partial charge is 0.305 e. The van der Waals surface area contributed by atoms with Crippen LogP contribution in [0.3, 0.4) is 0 Å². The molecule has 0 aliphatic heterocycles. The highest BCUT2D eigenvalue weighted by atomic mass is 19.1. The minimum Gasteiger partial charge on any atom is -0.481 e. The zero-order valence-corrected chi connectivity index (χ0v) is 24.1. The van der Waals surface area contributed by atoms with E-state index in [0.717, 1.165) is 28.1 Å². The number of nitrogens with one attached hydrogen (secondary N) is 1. The first-order chi connectivity index (χ1) is 20.2. The molecule has 0 spiro atoms. The molecule has 4 rings (SSSR count). The Morgan fingerprint density at radius 2 is 1.55 bits per heavy atom. The Morgan fingerprint density at radius 1 is 0.929 bits per heavy atom. The molecule has 0 aliphatic carbocycles. The molecule has 0 aliphatic rings. The van der Waals surface area contributed by atoms with E-state index in [1.54, 1.807) is 12.1 Å². The zero-order valence-electron chi connectivity index (χ0n) is 24.1. The van der Waals surface area contributed by atoms with E-state index in [4.69, 9.17) is 4.74 Å². The minimum atomic E-state index is -0.998. The average molecular weight is 573 g/mol. The van der Waals surface area contributed by atoms with Gasteiger partial charge in [0.25, 0.3) is 5.91 Å². The normalized spacial score (nSPS) is 12.7. The number of aromatic nitrogens is 1. The van der Waals surface area contributed by atoms with E-state index < -0.39 is 18.2 Å². The van der Waals surface area contributed by atoms with Gasteiger partial charge in [0.1, 0.15) is 5.82 Å². The van der Waals surface area contributed by atoms with Crippen LogP contribution in [0.15, 0.2) is 84.9 Å². The van der Waals surface area contributed by atoms with Crippen LogP contribution in [0.2, 0.25) is 0 Å². The van der Waals surface area contributed by atoms with Crippen LogP contribution in [0.5, 0.6) is 0 Å². The van der Waals surface area contributed by atoms with Gasteiger partial charge in [0.05, 0.1) is 29.9 Å². The molecule has 1 amide bonds. The molecule has 0 fully saturated rings. The summed E-state index contributed by atoms with van der Waals surface area (Å²) in [4.78, 5) is 25.3. The number of nitrogens with zero attached hydrogens (tertiary/aromatic N) is 1. The maximum absolute atomic E-state index is 14.1. The van der Waals surface area contributed by atoms with Gasteiger partial charge in [-0.2, -0.15) is 0 Å². The van der Waals surface area contributed by atoms with Gasteiger partial charge in [-0.1, -0.05) is 62.4 Å². The number of aliphatic hydroxyl groups is 1. The fraction of sp³-hybridized carbons (Fsp3) is 0.294. The number of carbonyl (C=O) groups is 2. The summed E-state index contributed by atoms with van der Waals surface area (Å²) in [5.41, 5.74) is 4.96. The highest BCUT2D eigenvalue weighted by Crippen LogP contribution is 2.42. The molecule has 0 unspecified atom stereocenters. The van der Waals surface area contributed by atoms with Crippen molar-refractivity contribution in [2.24, 2.45) is 0 Å². The van der Waals surface area contributed by atoms with Crippen molar-refractivity contribution >= 4 is 17.6 Å².